The molecular formula is C17H21N3O3. The Morgan fingerprint density at radius 2 is 2.04 bits per heavy atom. The van der Waals surface area contributed by atoms with Gasteiger partial charge in [0, 0.05) is 31.2 Å². The molecule has 0 N–H and O–H groups in total. The van der Waals surface area contributed by atoms with Gasteiger partial charge in [-0.3, -0.25) is 9.69 Å². The van der Waals surface area contributed by atoms with E-state index in [0.29, 0.717) is 17.5 Å². The number of fused-ring (bicyclic) bond motifs is 1. The summed E-state index contributed by atoms with van der Waals surface area (Å²) in [6, 6.07) is 6.44. The number of aryl methyl sites for hydroxylation is 2. The van der Waals surface area contributed by atoms with Crippen molar-refractivity contribution in [1.29, 1.82) is 0 Å². The summed E-state index contributed by atoms with van der Waals surface area (Å²) in [5.41, 5.74) is 0.420. The average Bonchev–Trinajstić information content (AvgIpc) is 3.26. The van der Waals surface area contributed by atoms with Crippen molar-refractivity contribution in [2.24, 2.45) is 0 Å². The van der Waals surface area contributed by atoms with Crippen LogP contribution in [0.5, 0.6) is 0 Å². The van der Waals surface area contributed by atoms with Crippen LogP contribution in [0.2, 0.25) is 0 Å². The van der Waals surface area contributed by atoms with E-state index in [2.05, 4.69) is 10.1 Å². The van der Waals surface area contributed by atoms with E-state index < -0.39 is 0 Å². The van der Waals surface area contributed by atoms with Crippen LogP contribution in [0.3, 0.4) is 0 Å². The van der Waals surface area contributed by atoms with Crippen molar-refractivity contribution >= 4 is 5.91 Å². The Morgan fingerprint density at radius 3 is 2.74 bits per heavy atom. The quantitative estimate of drug-likeness (QED) is 0.870. The zero-order valence-corrected chi connectivity index (χ0v) is 13.5. The molecule has 6 heteroatoms. The van der Waals surface area contributed by atoms with Crippen LogP contribution in [0.15, 0.2) is 27.1 Å². The molecule has 0 aliphatic carbocycles. The highest BCUT2D eigenvalue weighted by Gasteiger charge is 2.45. The van der Waals surface area contributed by atoms with Gasteiger partial charge < -0.3 is 13.8 Å². The molecule has 0 aromatic carbocycles. The van der Waals surface area contributed by atoms with Crippen LogP contribution >= 0.6 is 0 Å². The predicted molar refractivity (Wildman–Crippen MR) is 82.9 cm³/mol. The second-order valence-electron chi connectivity index (χ2n) is 6.52. The van der Waals surface area contributed by atoms with E-state index in [4.69, 9.17) is 8.94 Å². The normalized spacial score (nSPS) is 24.3. The Morgan fingerprint density at radius 1 is 1.22 bits per heavy atom. The largest absolute Gasteiger partial charge is 0.465 e. The van der Waals surface area contributed by atoms with Gasteiger partial charge in [-0.1, -0.05) is 5.16 Å². The summed E-state index contributed by atoms with van der Waals surface area (Å²) in [4.78, 5) is 17.0. The molecule has 2 aromatic rings. The molecule has 122 valence electrons. The molecule has 0 spiro atoms. The minimum atomic E-state index is -0.00922. The van der Waals surface area contributed by atoms with Gasteiger partial charge in [0.2, 0.25) is 0 Å². The van der Waals surface area contributed by atoms with Crippen molar-refractivity contribution in [2.75, 3.05) is 13.1 Å². The number of amides is 1. The van der Waals surface area contributed by atoms with Crippen LogP contribution in [0.4, 0.5) is 0 Å². The zero-order chi connectivity index (χ0) is 16.0. The first-order valence-corrected chi connectivity index (χ1v) is 8.15. The SMILES string of the molecule is Cc1cc(C(=O)N2CC[C@@H]3[C@@H]2CCN3Cc2ccc(C)o2)no1. The monoisotopic (exact) mass is 315 g/mol. The molecule has 4 heterocycles. The maximum atomic E-state index is 12.6. The van der Waals surface area contributed by atoms with Gasteiger partial charge in [-0.2, -0.15) is 0 Å². The molecule has 23 heavy (non-hydrogen) atoms. The van der Waals surface area contributed by atoms with Crippen LogP contribution in [0.1, 0.15) is 40.6 Å². The molecule has 0 bridgehead atoms. The fourth-order valence-electron chi connectivity index (χ4n) is 3.91. The Labute approximate surface area is 135 Å². The molecule has 2 aromatic heterocycles. The maximum Gasteiger partial charge on any atom is 0.276 e. The third-order valence-corrected chi connectivity index (χ3v) is 4.95. The third-order valence-electron chi connectivity index (χ3n) is 4.95. The van der Waals surface area contributed by atoms with Crippen molar-refractivity contribution in [3.8, 4) is 0 Å². The van der Waals surface area contributed by atoms with Crippen molar-refractivity contribution in [3.05, 3.63) is 41.2 Å². The number of hydrogen-bond donors (Lipinski definition) is 0. The summed E-state index contributed by atoms with van der Waals surface area (Å²) in [7, 11) is 0. The predicted octanol–water partition coefficient (Wildman–Crippen LogP) is 2.37. The highest BCUT2D eigenvalue weighted by atomic mass is 16.5. The number of aromatic nitrogens is 1. The third kappa shape index (κ3) is 2.57. The number of carbonyl (C=O) groups is 1. The molecule has 0 saturated carbocycles. The van der Waals surface area contributed by atoms with E-state index in [1.165, 1.54) is 0 Å². The van der Waals surface area contributed by atoms with Crippen molar-refractivity contribution < 1.29 is 13.7 Å². The molecule has 2 fully saturated rings. The second kappa shape index (κ2) is 5.53. The van der Waals surface area contributed by atoms with Gasteiger partial charge in [0.1, 0.15) is 17.3 Å². The van der Waals surface area contributed by atoms with E-state index in [1.807, 2.05) is 24.0 Å². The summed E-state index contributed by atoms with van der Waals surface area (Å²) < 4.78 is 10.7. The summed E-state index contributed by atoms with van der Waals surface area (Å²) >= 11 is 0. The van der Waals surface area contributed by atoms with Crippen LogP contribution in [-0.4, -0.2) is 46.0 Å². The van der Waals surface area contributed by atoms with Gasteiger partial charge in [-0.05, 0) is 38.8 Å². The molecule has 2 aliphatic heterocycles. The van der Waals surface area contributed by atoms with Crippen LogP contribution in [0, 0.1) is 13.8 Å². The number of likely N-dealkylation sites (tertiary alicyclic amines) is 2. The molecule has 2 aliphatic rings. The Bertz CT molecular complexity index is 720. The Balaban J connectivity index is 1.46. The van der Waals surface area contributed by atoms with Crippen molar-refractivity contribution in [2.45, 2.75) is 45.3 Å². The smallest absolute Gasteiger partial charge is 0.276 e. The lowest BCUT2D eigenvalue weighted by molar-refractivity contribution is 0.0721. The first-order valence-electron chi connectivity index (χ1n) is 8.15. The summed E-state index contributed by atoms with van der Waals surface area (Å²) in [6.45, 7) is 6.37. The van der Waals surface area contributed by atoms with E-state index >= 15 is 0 Å². The molecule has 6 nitrogen and oxygen atoms in total. The fraction of sp³-hybridized carbons (Fsp3) is 0.529. The molecular weight excluding hydrogens is 294 g/mol. The van der Waals surface area contributed by atoms with Crippen LogP contribution in [-0.2, 0) is 6.54 Å². The number of nitrogens with zero attached hydrogens (tertiary/aromatic N) is 3. The number of furan rings is 1. The number of rotatable bonds is 3. The van der Waals surface area contributed by atoms with Gasteiger partial charge in [0.25, 0.3) is 5.91 Å². The molecule has 2 atom stereocenters. The van der Waals surface area contributed by atoms with Crippen LogP contribution in [0.25, 0.3) is 0 Å². The first-order chi connectivity index (χ1) is 11.1. The zero-order valence-electron chi connectivity index (χ0n) is 13.5. The highest BCUT2D eigenvalue weighted by molar-refractivity contribution is 5.92. The minimum Gasteiger partial charge on any atom is -0.465 e. The van der Waals surface area contributed by atoms with Gasteiger partial charge in [-0.25, -0.2) is 0 Å². The number of hydrogen-bond acceptors (Lipinski definition) is 5. The molecule has 2 saturated heterocycles. The molecule has 0 radical (unpaired) electrons. The molecule has 0 unspecified atom stereocenters. The lowest BCUT2D eigenvalue weighted by atomic mass is 10.1. The van der Waals surface area contributed by atoms with E-state index in [-0.39, 0.29) is 11.9 Å². The summed E-state index contributed by atoms with van der Waals surface area (Å²) in [6.07, 6.45) is 2.01. The average molecular weight is 315 g/mol. The van der Waals surface area contributed by atoms with Crippen LogP contribution < -0.4 is 0 Å². The van der Waals surface area contributed by atoms with E-state index in [1.54, 1.807) is 13.0 Å². The van der Waals surface area contributed by atoms with Gasteiger partial charge in [-0.15, -0.1) is 0 Å². The molecule has 1 amide bonds. The van der Waals surface area contributed by atoms with Crippen molar-refractivity contribution in [1.82, 2.24) is 15.0 Å². The minimum absolute atomic E-state index is 0.00922. The Kier molecular flexibility index (Phi) is 3.49. The van der Waals surface area contributed by atoms with Gasteiger partial charge >= 0.3 is 0 Å². The second-order valence-corrected chi connectivity index (χ2v) is 6.52. The maximum absolute atomic E-state index is 12.6. The summed E-state index contributed by atoms with van der Waals surface area (Å²) in [5, 5.41) is 3.87. The van der Waals surface area contributed by atoms with E-state index in [9.17, 15) is 4.79 Å². The Hall–Kier alpha value is -2.08. The van der Waals surface area contributed by atoms with E-state index in [0.717, 1.165) is 44.0 Å². The standard InChI is InChI=1S/C17H21N3O3/c1-11-3-4-13(22-11)10-19-7-5-16-15(19)6-8-20(16)17(21)14-9-12(2)23-18-14/h3-4,9,15-16H,5-8,10H2,1-2H3/t15-,16+/m1/s1. The van der Waals surface area contributed by atoms with Gasteiger partial charge in [0.05, 0.1) is 6.54 Å². The lowest BCUT2D eigenvalue weighted by Gasteiger charge is -2.24. The first kappa shape index (κ1) is 14.5. The highest BCUT2D eigenvalue weighted by Crippen LogP contribution is 2.33. The lowest BCUT2D eigenvalue weighted by Crippen LogP contribution is -2.39. The number of carbonyl (C=O) groups excluding carboxylic acids is 1. The van der Waals surface area contributed by atoms with Gasteiger partial charge in [0.15, 0.2) is 5.69 Å². The topological polar surface area (TPSA) is 62.7 Å². The van der Waals surface area contributed by atoms with Crippen molar-refractivity contribution in [3.63, 3.8) is 0 Å². The summed E-state index contributed by atoms with van der Waals surface area (Å²) in [5.74, 6) is 2.61. The molecule has 4 rings (SSSR count). The fourth-order valence-corrected chi connectivity index (χ4v) is 3.91.